The molecule has 0 aromatic heterocycles. The average molecular weight is 223 g/mol. The summed E-state index contributed by atoms with van der Waals surface area (Å²) in [6, 6.07) is 5.71. The van der Waals surface area contributed by atoms with E-state index in [2.05, 4.69) is 5.32 Å². The van der Waals surface area contributed by atoms with Gasteiger partial charge in [-0.25, -0.2) is 4.79 Å². The third kappa shape index (κ3) is 2.73. The van der Waals surface area contributed by atoms with Crippen LogP contribution in [0.4, 0.5) is 0 Å². The minimum absolute atomic E-state index is 0.0409. The summed E-state index contributed by atoms with van der Waals surface area (Å²) in [5, 5.41) is 20.4. The molecule has 0 bridgehead atoms. The molecule has 0 aliphatic heterocycles. The number of nitrogens with one attached hydrogen (secondary N) is 1. The molecule has 1 aromatic carbocycles. The molecule has 0 unspecified atom stereocenters. The van der Waals surface area contributed by atoms with Crippen molar-refractivity contribution in [2.75, 3.05) is 0 Å². The van der Waals surface area contributed by atoms with Gasteiger partial charge in [0.15, 0.2) is 0 Å². The van der Waals surface area contributed by atoms with E-state index in [0.29, 0.717) is 0 Å². The van der Waals surface area contributed by atoms with Crippen LogP contribution in [0.2, 0.25) is 0 Å². The van der Waals surface area contributed by atoms with E-state index in [4.69, 9.17) is 5.11 Å². The standard InChI is InChI=1S/C11H13NO4/c1-11(2,10(15)16)12-9(14)7-4-3-5-8(13)6-7/h3-6,13H,1-2H3,(H,12,14)(H,15,16). The van der Waals surface area contributed by atoms with Gasteiger partial charge in [-0.3, -0.25) is 4.79 Å². The number of carboxylic acid groups (broad SMARTS) is 1. The number of phenols is 1. The summed E-state index contributed by atoms with van der Waals surface area (Å²) in [5.74, 6) is -1.70. The predicted octanol–water partition coefficient (Wildman–Crippen LogP) is 0.985. The molecule has 16 heavy (non-hydrogen) atoms. The number of amides is 1. The molecule has 0 saturated heterocycles. The first kappa shape index (κ1) is 12.0. The summed E-state index contributed by atoms with van der Waals surface area (Å²) in [5.41, 5.74) is -1.13. The number of aromatic hydroxyl groups is 1. The largest absolute Gasteiger partial charge is 0.508 e. The van der Waals surface area contributed by atoms with E-state index in [-0.39, 0.29) is 11.3 Å². The van der Waals surface area contributed by atoms with E-state index >= 15 is 0 Å². The zero-order valence-corrected chi connectivity index (χ0v) is 9.02. The Morgan fingerprint density at radius 2 is 1.94 bits per heavy atom. The Kier molecular flexibility index (Phi) is 3.17. The van der Waals surface area contributed by atoms with Gasteiger partial charge in [-0.1, -0.05) is 6.07 Å². The molecule has 86 valence electrons. The number of carbonyl (C=O) groups is 2. The Hall–Kier alpha value is -2.04. The SMILES string of the molecule is CC(C)(NC(=O)c1cccc(O)c1)C(=O)O. The van der Waals surface area contributed by atoms with Crippen LogP contribution >= 0.6 is 0 Å². The van der Waals surface area contributed by atoms with Gasteiger partial charge in [-0.2, -0.15) is 0 Å². The Labute approximate surface area is 92.7 Å². The molecule has 0 aliphatic carbocycles. The number of phenolic OH excluding ortho intramolecular Hbond substituents is 1. The molecule has 1 amide bonds. The van der Waals surface area contributed by atoms with Crippen molar-refractivity contribution in [3.05, 3.63) is 29.8 Å². The fourth-order valence-corrected chi connectivity index (χ4v) is 1.06. The second-order valence-electron chi connectivity index (χ2n) is 3.93. The number of benzene rings is 1. The second kappa shape index (κ2) is 4.22. The van der Waals surface area contributed by atoms with Crippen molar-refractivity contribution < 1.29 is 19.8 Å². The van der Waals surface area contributed by atoms with Gasteiger partial charge < -0.3 is 15.5 Å². The monoisotopic (exact) mass is 223 g/mol. The molecule has 0 saturated carbocycles. The van der Waals surface area contributed by atoms with Gasteiger partial charge in [0.2, 0.25) is 0 Å². The molecular weight excluding hydrogens is 210 g/mol. The Morgan fingerprint density at radius 1 is 1.31 bits per heavy atom. The highest BCUT2D eigenvalue weighted by atomic mass is 16.4. The number of rotatable bonds is 3. The van der Waals surface area contributed by atoms with Crippen LogP contribution in [0.3, 0.4) is 0 Å². The van der Waals surface area contributed by atoms with E-state index in [9.17, 15) is 14.7 Å². The fourth-order valence-electron chi connectivity index (χ4n) is 1.06. The van der Waals surface area contributed by atoms with E-state index in [0.717, 1.165) is 0 Å². The smallest absolute Gasteiger partial charge is 0.328 e. The Bertz CT molecular complexity index is 426. The van der Waals surface area contributed by atoms with Gasteiger partial charge in [-0.15, -0.1) is 0 Å². The van der Waals surface area contributed by atoms with Crippen molar-refractivity contribution in [1.29, 1.82) is 0 Å². The zero-order chi connectivity index (χ0) is 12.3. The summed E-state index contributed by atoms with van der Waals surface area (Å²) >= 11 is 0. The van der Waals surface area contributed by atoms with Crippen molar-refractivity contribution >= 4 is 11.9 Å². The van der Waals surface area contributed by atoms with Crippen LogP contribution in [0.25, 0.3) is 0 Å². The van der Waals surface area contributed by atoms with Crippen molar-refractivity contribution in [3.8, 4) is 5.75 Å². The van der Waals surface area contributed by atoms with Crippen LogP contribution in [0.1, 0.15) is 24.2 Å². The summed E-state index contributed by atoms with van der Waals surface area (Å²) in [6.07, 6.45) is 0. The lowest BCUT2D eigenvalue weighted by Gasteiger charge is -2.20. The van der Waals surface area contributed by atoms with Crippen molar-refractivity contribution in [2.24, 2.45) is 0 Å². The van der Waals surface area contributed by atoms with Crippen LogP contribution in [-0.2, 0) is 4.79 Å². The van der Waals surface area contributed by atoms with E-state index in [1.165, 1.54) is 38.1 Å². The molecule has 5 heteroatoms. The molecule has 0 atom stereocenters. The number of hydrogen-bond acceptors (Lipinski definition) is 3. The van der Waals surface area contributed by atoms with Crippen LogP contribution in [0.15, 0.2) is 24.3 Å². The summed E-state index contributed by atoms with van der Waals surface area (Å²) in [7, 11) is 0. The van der Waals surface area contributed by atoms with Gasteiger partial charge >= 0.3 is 5.97 Å². The normalized spacial score (nSPS) is 10.9. The van der Waals surface area contributed by atoms with Gasteiger partial charge in [0.05, 0.1) is 0 Å². The minimum Gasteiger partial charge on any atom is -0.508 e. The molecule has 0 fully saturated rings. The third-order valence-corrected chi connectivity index (χ3v) is 2.07. The van der Waals surface area contributed by atoms with Crippen LogP contribution in [0, 0.1) is 0 Å². The zero-order valence-electron chi connectivity index (χ0n) is 9.02. The number of hydrogen-bond donors (Lipinski definition) is 3. The predicted molar refractivity (Wildman–Crippen MR) is 57.3 cm³/mol. The van der Waals surface area contributed by atoms with Crippen molar-refractivity contribution in [1.82, 2.24) is 5.32 Å². The van der Waals surface area contributed by atoms with Gasteiger partial charge in [-0.05, 0) is 32.0 Å². The fraction of sp³-hybridized carbons (Fsp3) is 0.273. The van der Waals surface area contributed by atoms with Gasteiger partial charge in [0.25, 0.3) is 5.91 Å². The number of aliphatic carboxylic acids is 1. The first-order valence-corrected chi connectivity index (χ1v) is 4.68. The Morgan fingerprint density at radius 3 is 2.44 bits per heavy atom. The van der Waals surface area contributed by atoms with E-state index in [1.54, 1.807) is 0 Å². The molecule has 0 aliphatic rings. The van der Waals surface area contributed by atoms with E-state index < -0.39 is 17.4 Å². The highest BCUT2D eigenvalue weighted by Gasteiger charge is 2.29. The highest BCUT2D eigenvalue weighted by Crippen LogP contribution is 2.12. The molecule has 0 radical (unpaired) electrons. The minimum atomic E-state index is -1.34. The molecule has 0 spiro atoms. The first-order chi connectivity index (χ1) is 7.33. The third-order valence-electron chi connectivity index (χ3n) is 2.07. The van der Waals surface area contributed by atoms with Gasteiger partial charge in [0, 0.05) is 5.56 Å². The van der Waals surface area contributed by atoms with Crippen LogP contribution in [0.5, 0.6) is 5.75 Å². The second-order valence-corrected chi connectivity index (χ2v) is 3.93. The number of carboxylic acids is 1. The summed E-state index contributed by atoms with van der Waals surface area (Å²) < 4.78 is 0. The maximum Gasteiger partial charge on any atom is 0.328 e. The molecule has 1 aromatic rings. The van der Waals surface area contributed by atoms with E-state index in [1.807, 2.05) is 0 Å². The maximum absolute atomic E-state index is 11.6. The van der Waals surface area contributed by atoms with Crippen molar-refractivity contribution in [3.63, 3.8) is 0 Å². The first-order valence-electron chi connectivity index (χ1n) is 4.68. The molecular formula is C11H13NO4. The lowest BCUT2D eigenvalue weighted by Crippen LogP contribution is -2.49. The van der Waals surface area contributed by atoms with Gasteiger partial charge in [0.1, 0.15) is 11.3 Å². The van der Waals surface area contributed by atoms with Crippen LogP contribution in [-0.4, -0.2) is 27.6 Å². The van der Waals surface area contributed by atoms with Crippen molar-refractivity contribution in [2.45, 2.75) is 19.4 Å². The van der Waals surface area contributed by atoms with Crippen LogP contribution < -0.4 is 5.32 Å². The topological polar surface area (TPSA) is 86.6 Å². The molecule has 1 rings (SSSR count). The lowest BCUT2D eigenvalue weighted by molar-refractivity contribution is -0.143. The molecule has 3 N–H and O–H groups in total. The summed E-state index contributed by atoms with van der Waals surface area (Å²) in [6.45, 7) is 2.77. The lowest BCUT2D eigenvalue weighted by atomic mass is 10.1. The highest BCUT2D eigenvalue weighted by molar-refractivity contribution is 5.97. The summed E-state index contributed by atoms with van der Waals surface area (Å²) in [4.78, 5) is 22.4. The quantitative estimate of drug-likeness (QED) is 0.713. The Balaban J connectivity index is 2.85. The molecule has 0 heterocycles. The maximum atomic E-state index is 11.6. The number of carbonyl (C=O) groups excluding carboxylic acids is 1. The average Bonchev–Trinajstić information content (AvgIpc) is 2.16. The molecule has 5 nitrogen and oxygen atoms in total.